The van der Waals surface area contributed by atoms with E-state index in [-0.39, 0.29) is 8.80 Å². The smallest absolute Gasteiger partial charge is 0.0368 e. The molecule has 0 unspecified atom stereocenters. The minimum absolute atomic E-state index is 0.304. The first-order chi connectivity index (χ1) is 8.33. The van der Waals surface area contributed by atoms with Crippen LogP contribution < -0.4 is 0 Å². The second kappa shape index (κ2) is 6.39. The summed E-state index contributed by atoms with van der Waals surface area (Å²) in [6.45, 7) is 4.58. The van der Waals surface area contributed by atoms with Crippen LogP contribution in [0.25, 0.3) is 0 Å². The Balaban J connectivity index is 1.91. The molecule has 1 aromatic carbocycles. The van der Waals surface area contributed by atoms with E-state index >= 15 is 0 Å². The third kappa shape index (κ3) is 3.45. The van der Waals surface area contributed by atoms with Gasteiger partial charge in [0.15, 0.2) is 0 Å². The minimum atomic E-state index is -0.304. The quantitative estimate of drug-likeness (QED) is 0.672. The van der Waals surface area contributed by atoms with Gasteiger partial charge in [-0.25, -0.2) is 0 Å². The van der Waals surface area contributed by atoms with Gasteiger partial charge >= 0.3 is 0 Å². The highest BCUT2D eigenvalue weighted by molar-refractivity contribution is 6.59. The van der Waals surface area contributed by atoms with Crippen LogP contribution in [0.15, 0.2) is 24.3 Å². The van der Waals surface area contributed by atoms with E-state index in [9.17, 15) is 0 Å². The first-order valence-corrected chi connectivity index (χ1v) is 9.87. The summed E-state index contributed by atoms with van der Waals surface area (Å²) >= 11 is 0. The molecule has 0 amide bonds. The predicted octanol–water partition coefficient (Wildman–Crippen LogP) is 4.76. The van der Waals surface area contributed by atoms with Crippen molar-refractivity contribution in [3.05, 3.63) is 35.4 Å². The van der Waals surface area contributed by atoms with Crippen molar-refractivity contribution in [1.29, 1.82) is 0 Å². The molecule has 2 rings (SSSR count). The summed E-state index contributed by atoms with van der Waals surface area (Å²) in [4.78, 5) is 0. The zero-order valence-corrected chi connectivity index (χ0v) is 12.6. The molecular weight excluding hydrogens is 220 g/mol. The van der Waals surface area contributed by atoms with E-state index < -0.39 is 0 Å². The van der Waals surface area contributed by atoms with Gasteiger partial charge < -0.3 is 0 Å². The molecule has 1 aliphatic rings. The Bertz CT molecular complexity index is 320. The van der Waals surface area contributed by atoms with Crippen LogP contribution in [0.5, 0.6) is 0 Å². The summed E-state index contributed by atoms with van der Waals surface area (Å²) in [5, 5.41) is 0. The van der Waals surface area contributed by atoms with Gasteiger partial charge in [-0.15, -0.1) is 0 Å². The third-order valence-corrected chi connectivity index (χ3v) is 8.10. The van der Waals surface area contributed by atoms with Gasteiger partial charge in [0.05, 0.1) is 0 Å². The Morgan fingerprint density at radius 2 is 1.71 bits per heavy atom. The molecule has 1 heterocycles. The molecule has 94 valence electrons. The minimum Gasteiger partial charge on any atom is -0.0657 e. The van der Waals surface area contributed by atoms with Crippen LogP contribution in [0.3, 0.4) is 0 Å². The van der Waals surface area contributed by atoms with Gasteiger partial charge in [-0.3, -0.25) is 0 Å². The van der Waals surface area contributed by atoms with Gasteiger partial charge in [0.2, 0.25) is 0 Å². The van der Waals surface area contributed by atoms with Crippen LogP contribution in [-0.2, 0) is 6.42 Å². The van der Waals surface area contributed by atoms with Crippen LogP contribution in [-0.4, -0.2) is 8.80 Å². The second-order valence-corrected chi connectivity index (χ2v) is 9.07. The van der Waals surface area contributed by atoms with Gasteiger partial charge in [-0.2, -0.15) is 0 Å². The lowest BCUT2D eigenvalue weighted by Crippen LogP contribution is -2.20. The van der Waals surface area contributed by atoms with Crippen LogP contribution in [0.2, 0.25) is 18.1 Å². The molecule has 17 heavy (non-hydrogen) atoms. The summed E-state index contributed by atoms with van der Waals surface area (Å²) in [7, 11) is -0.304. The van der Waals surface area contributed by atoms with Gasteiger partial charge in [-0.05, 0) is 36.3 Å². The molecule has 0 atom stereocenters. The number of aryl methyl sites for hydroxylation is 1. The Kier molecular flexibility index (Phi) is 4.84. The molecule has 0 nitrogen and oxygen atoms in total. The van der Waals surface area contributed by atoms with Crippen molar-refractivity contribution in [2.24, 2.45) is 0 Å². The van der Waals surface area contributed by atoms with Crippen LogP contribution in [0, 0.1) is 0 Å². The molecule has 0 spiro atoms. The molecule has 1 aromatic rings. The Morgan fingerprint density at radius 1 is 1.06 bits per heavy atom. The number of benzene rings is 1. The molecular formula is C16H26Si. The van der Waals surface area contributed by atoms with E-state index in [0.717, 1.165) is 12.3 Å². The molecule has 0 saturated carbocycles. The zero-order valence-electron chi connectivity index (χ0n) is 11.4. The van der Waals surface area contributed by atoms with E-state index in [4.69, 9.17) is 0 Å². The van der Waals surface area contributed by atoms with E-state index in [0.29, 0.717) is 0 Å². The lowest BCUT2D eigenvalue weighted by molar-refractivity contribution is 0.605. The highest BCUT2D eigenvalue weighted by Gasteiger charge is 2.22. The van der Waals surface area contributed by atoms with Gasteiger partial charge in [0, 0.05) is 8.80 Å². The lowest BCUT2D eigenvalue weighted by Gasteiger charge is -2.27. The van der Waals surface area contributed by atoms with Crippen molar-refractivity contribution in [2.75, 3.05) is 0 Å². The maximum absolute atomic E-state index is 2.38. The first-order valence-electron chi connectivity index (χ1n) is 7.42. The fourth-order valence-electron chi connectivity index (χ4n) is 3.22. The third-order valence-electron chi connectivity index (χ3n) is 4.40. The van der Waals surface area contributed by atoms with Crippen molar-refractivity contribution < 1.29 is 0 Å². The normalized spacial score (nSPS) is 24.8. The maximum Gasteiger partial charge on any atom is 0.0368 e. The van der Waals surface area contributed by atoms with Crippen molar-refractivity contribution in [1.82, 2.24) is 0 Å². The van der Waals surface area contributed by atoms with Crippen LogP contribution >= 0.6 is 0 Å². The standard InChI is InChI=1S/C16H26Si/c1-3-11-17-12-9-16(10-13-17)15-7-5-14(4-2)6-8-15/h5-8,16-17H,3-4,9-13H2,1-2H3. The fraction of sp³-hybridized carbons (Fsp3) is 0.625. The molecule has 1 saturated heterocycles. The molecule has 0 radical (unpaired) electrons. The average Bonchev–Trinajstić information content (AvgIpc) is 2.40. The molecule has 1 heteroatoms. The van der Waals surface area contributed by atoms with Crippen LogP contribution in [0.1, 0.15) is 50.2 Å². The fourth-order valence-corrected chi connectivity index (χ4v) is 6.65. The first kappa shape index (κ1) is 12.9. The molecule has 0 aromatic heterocycles. The second-order valence-electron chi connectivity index (χ2n) is 5.60. The molecule has 1 aliphatic heterocycles. The Hall–Kier alpha value is -0.563. The average molecular weight is 246 g/mol. The highest BCUT2D eigenvalue weighted by atomic mass is 28.3. The molecule has 0 bridgehead atoms. The molecule has 1 fully saturated rings. The van der Waals surface area contributed by atoms with Crippen molar-refractivity contribution in [2.45, 2.75) is 63.6 Å². The number of rotatable bonds is 4. The summed E-state index contributed by atoms with van der Waals surface area (Å²) < 4.78 is 0. The maximum atomic E-state index is 2.38. The lowest BCUT2D eigenvalue weighted by atomic mass is 9.92. The highest BCUT2D eigenvalue weighted by Crippen LogP contribution is 2.34. The topological polar surface area (TPSA) is 0 Å². The Labute approximate surface area is 108 Å². The zero-order chi connectivity index (χ0) is 12.1. The summed E-state index contributed by atoms with van der Waals surface area (Å²) in [6.07, 6.45) is 5.54. The van der Waals surface area contributed by atoms with Gasteiger partial charge in [0.1, 0.15) is 0 Å². The molecule has 0 N–H and O–H groups in total. The summed E-state index contributed by atoms with van der Waals surface area (Å²) in [5.74, 6) is 0.876. The van der Waals surface area contributed by atoms with Crippen molar-refractivity contribution in [3.63, 3.8) is 0 Å². The van der Waals surface area contributed by atoms with Crippen LogP contribution in [0.4, 0.5) is 0 Å². The predicted molar refractivity (Wildman–Crippen MR) is 79.7 cm³/mol. The van der Waals surface area contributed by atoms with E-state index in [1.165, 1.54) is 24.8 Å². The van der Waals surface area contributed by atoms with Crippen molar-refractivity contribution in [3.8, 4) is 0 Å². The van der Waals surface area contributed by atoms with Gasteiger partial charge in [-0.1, -0.05) is 62.7 Å². The monoisotopic (exact) mass is 246 g/mol. The van der Waals surface area contributed by atoms with Gasteiger partial charge in [0.25, 0.3) is 0 Å². The van der Waals surface area contributed by atoms with E-state index in [1.807, 2.05) is 0 Å². The summed E-state index contributed by atoms with van der Waals surface area (Å²) in [5.41, 5.74) is 3.08. The van der Waals surface area contributed by atoms with Crippen molar-refractivity contribution >= 4 is 8.80 Å². The largest absolute Gasteiger partial charge is 0.0657 e. The number of hydrogen-bond donors (Lipinski definition) is 0. The Morgan fingerprint density at radius 3 is 2.24 bits per heavy atom. The molecule has 0 aliphatic carbocycles. The van der Waals surface area contributed by atoms with E-state index in [1.54, 1.807) is 23.7 Å². The summed E-state index contributed by atoms with van der Waals surface area (Å²) in [6, 6.07) is 14.2. The SMILES string of the molecule is CCC[SiH]1CCC(c2ccc(CC)cc2)CC1. The number of hydrogen-bond acceptors (Lipinski definition) is 0. The van der Waals surface area contributed by atoms with E-state index in [2.05, 4.69) is 38.1 Å².